The van der Waals surface area contributed by atoms with Gasteiger partial charge in [-0.15, -0.1) is 5.10 Å². The van der Waals surface area contributed by atoms with Crippen LogP contribution in [0.25, 0.3) is 0 Å². The summed E-state index contributed by atoms with van der Waals surface area (Å²) < 4.78 is 2.88. The summed E-state index contributed by atoms with van der Waals surface area (Å²) in [5, 5.41) is 17.2. The highest BCUT2D eigenvalue weighted by molar-refractivity contribution is 9.10. The topological polar surface area (TPSA) is 50.9 Å². The molecular formula is C13H16BrN3O. The Hall–Kier alpha value is -1.20. The van der Waals surface area contributed by atoms with Gasteiger partial charge in [0.05, 0.1) is 12.3 Å². The molecule has 1 N–H and O–H groups in total. The lowest BCUT2D eigenvalue weighted by Gasteiger charge is -2.02. The summed E-state index contributed by atoms with van der Waals surface area (Å²) in [6.07, 6.45) is 3.26. The Morgan fingerprint density at radius 2 is 2.06 bits per heavy atom. The standard InChI is InChI=1S/C13H16BrN3O/c1-10(18)13-9-17(16-15-13)8-2-3-11-4-6-12(14)7-5-11/h4-7,9-10,18H,2-3,8H2,1H3/t10-/m1/s1. The van der Waals surface area contributed by atoms with Gasteiger partial charge in [-0.3, -0.25) is 4.68 Å². The Labute approximate surface area is 115 Å². The largest absolute Gasteiger partial charge is 0.387 e. The van der Waals surface area contributed by atoms with Crippen molar-refractivity contribution in [2.24, 2.45) is 0 Å². The zero-order chi connectivity index (χ0) is 13.0. The van der Waals surface area contributed by atoms with E-state index in [9.17, 15) is 5.11 Å². The zero-order valence-electron chi connectivity index (χ0n) is 10.3. The smallest absolute Gasteiger partial charge is 0.111 e. The lowest BCUT2D eigenvalue weighted by molar-refractivity contribution is 0.194. The van der Waals surface area contributed by atoms with Crippen LogP contribution >= 0.6 is 15.9 Å². The molecule has 0 saturated carbocycles. The van der Waals surface area contributed by atoms with Crippen molar-refractivity contribution in [1.29, 1.82) is 0 Å². The van der Waals surface area contributed by atoms with Gasteiger partial charge in [-0.2, -0.15) is 0 Å². The van der Waals surface area contributed by atoms with Crippen LogP contribution in [0.3, 0.4) is 0 Å². The molecule has 4 nitrogen and oxygen atoms in total. The van der Waals surface area contributed by atoms with Gasteiger partial charge in [0.15, 0.2) is 0 Å². The van der Waals surface area contributed by atoms with Crippen molar-refractivity contribution >= 4 is 15.9 Å². The van der Waals surface area contributed by atoms with E-state index in [-0.39, 0.29) is 0 Å². The molecule has 0 aliphatic carbocycles. The summed E-state index contributed by atoms with van der Waals surface area (Å²) in [6.45, 7) is 2.51. The number of benzene rings is 1. The summed E-state index contributed by atoms with van der Waals surface area (Å²) >= 11 is 3.42. The number of aromatic nitrogens is 3. The molecule has 5 heteroatoms. The summed E-state index contributed by atoms with van der Waals surface area (Å²) in [4.78, 5) is 0. The summed E-state index contributed by atoms with van der Waals surface area (Å²) in [6, 6.07) is 8.34. The van der Waals surface area contributed by atoms with Crippen molar-refractivity contribution < 1.29 is 5.11 Å². The highest BCUT2D eigenvalue weighted by Gasteiger charge is 2.05. The van der Waals surface area contributed by atoms with Crippen molar-refractivity contribution in [2.45, 2.75) is 32.4 Å². The van der Waals surface area contributed by atoms with Gasteiger partial charge in [-0.05, 0) is 37.5 Å². The molecule has 1 heterocycles. The highest BCUT2D eigenvalue weighted by atomic mass is 79.9. The molecule has 0 aliphatic heterocycles. The molecule has 0 radical (unpaired) electrons. The van der Waals surface area contributed by atoms with Crippen LogP contribution in [-0.2, 0) is 13.0 Å². The quantitative estimate of drug-likeness (QED) is 0.924. The Bertz CT molecular complexity index is 493. The van der Waals surface area contributed by atoms with Gasteiger partial charge in [0.25, 0.3) is 0 Å². The summed E-state index contributed by atoms with van der Waals surface area (Å²) in [5.74, 6) is 0. The van der Waals surface area contributed by atoms with Gasteiger partial charge in [0, 0.05) is 11.0 Å². The Kier molecular flexibility index (Phi) is 4.49. The third-order valence-corrected chi connectivity index (χ3v) is 3.28. The Morgan fingerprint density at radius 1 is 1.33 bits per heavy atom. The van der Waals surface area contributed by atoms with E-state index in [0.29, 0.717) is 5.69 Å². The van der Waals surface area contributed by atoms with Crippen LogP contribution < -0.4 is 0 Å². The molecule has 0 spiro atoms. The van der Waals surface area contributed by atoms with E-state index < -0.39 is 6.10 Å². The summed E-state index contributed by atoms with van der Waals surface area (Å²) in [5.41, 5.74) is 1.94. The molecule has 1 atom stereocenters. The Morgan fingerprint density at radius 3 is 2.67 bits per heavy atom. The number of aliphatic hydroxyl groups excluding tert-OH is 1. The Balaban J connectivity index is 1.82. The van der Waals surface area contributed by atoms with Gasteiger partial charge >= 0.3 is 0 Å². The second-order valence-corrected chi connectivity index (χ2v) is 5.23. The van der Waals surface area contributed by atoms with Crippen LogP contribution in [0, 0.1) is 0 Å². The number of halogens is 1. The van der Waals surface area contributed by atoms with Crippen LogP contribution in [0.1, 0.15) is 30.7 Å². The number of aliphatic hydroxyl groups is 1. The number of hydrogen-bond acceptors (Lipinski definition) is 3. The first-order valence-corrected chi connectivity index (χ1v) is 6.77. The fourth-order valence-corrected chi connectivity index (χ4v) is 1.97. The maximum absolute atomic E-state index is 9.35. The molecule has 0 fully saturated rings. The van der Waals surface area contributed by atoms with E-state index in [1.807, 2.05) is 0 Å². The molecule has 0 saturated heterocycles. The van der Waals surface area contributed by atoms with Gasteiger partial charge < -0.3 is 5.11 Å². The first kappa shape index (κ1) is 13.2. The van der Waals surface area contributed by atoms with Gasteiger partial charge in [-0.1, -0.05) is 33.3 Å². The van der Waals surface area contributed by atoms with Crippen LogP contribution in [0.15, 0.2) is 34.9 Å². The van der Waals surface area contributed by atoms with Crippen molar-refractivity contribution in [1.82, 2.24) is 15.0 Å². The van der Waals surface area contributed by atoms with Crippen molar-refractivity contribution in [3.8, 4) is 0 Å². The SMILES string of the molecule is C[C@@H](O)c1cn(CCCc2ccc(Br)cc2)nn1. The van der Waals surface area contributed by atoms with Crippen molar-refractivity contribution in [2.75, 3.05) is 0 Å². The second-order valence-electron chi connectivity index (χ2n) is 4.31. The molecule has 0 unspecified atom stereocenters. The highest BCUT2D eigenvalue weighted by Crippen LogP contribution is 2.12. The maximum atomic E-state index is 9.35. The van der Waals surface area contributed by atoms with E-state index in [2.05, 4.69) is 50.5 Å². The lowest BCUT2D eigenvalue weighted by Crippen LogP contribution is -2.00. The third kappa shape index (κ3) is 3.65. The first-order chi connectivity index (χ1) is 8.65. The third-order valence-electron chi connectivity index (χ3n) is 2.75. The average Bonchev–Trinajstić information content (AvgIpc) is 2.81. The molecule has 1 aromatic heterocycles. The van der Waals surface area contributed by atoms with Crippen LogP contribution in [0.5, 0.6) is 0 Å². The minimum absolute atomic E-state index is 0.551. The minimum Gasteiger partial charge on any atom is -0.387 e. The van der Waals surface area contributed by atoms with E-state index in [1.54, 1.807) is 17.8 Å². The van der Waals surface area contributed by atoms with Gasteiger partial charge in [0.2, 0.25) is 0 Å². The molecular weight excluding hydrogens is 294 g/mol. The predicted molar refractivity (Wildman–Crippen MR) is 73.1 cm³/mol. The minimum atomic E-state index is -0.551. The number of rotatable bonds is 5. The molecule has 96 valence electrons. The predicted octanol–water partition coefficient (Wildman–Crippen LogP) is 2.73. The van der Waals surface area contributed by atoms with E-state index in [1.165, 1.54) is 5.56 Å². The van der Waals surface area contributed by atoms with Crippen LogP contribution in [0.2, 0.25) is 0 Å². The molecule has 18 heavy (non-hydrogen) atoms. The molecule has 0 aliphatic rings. The fraction of sp³-hybridized carbons (Fsp3) is 0.385. The molecule has 0 amide bonds. The van der Waals surface area contributed by atoms with E-state index >= 15 is 0 Å². The van der Waals surface area contributed by atoms with Crippen molar-refractivity contribution in [3.63, 3.8) is 0 Å². The first-order valence-electron chi connectivity index (χ1n) is 5.97. The van der Waals surface area contributed by atoms with E-state index in [4.69, 9.17) is 0 Å². The van der Waals surface area contributed by atoms with Crippen LogP contribution in [-0.4, -0.2) is 20.1 Å². The monoisotopic (exact) mass is 309 g/mol. The maximum Gasteiger partial charge on any atom is 0.111 e. The van der Waals surface area contributed by atoms with Gasteiger partial charge in [0.1, 0.15) is 5.69 Å². The number of hydrogen-bond donors (Lipinski definition) is 1. The molecule has 0 bridgehead atoms. The number of nitrogens with zero attached hydrogens (tertiary/aromatic N) is 3. The van der Waals surface area contributed by atoms with Gasteiger partial charge in [-0.25, -0.2) is 0 Å². The number of aryl methyl sites for hydroxylation is 2. The normalized spacial score (nSPS) is 12.6. The molecule has 2 rings (SSSR count). The molecule has 1 aromatic carbocycles. The molecule has 2 aromatic rings. The lowest BCUT2D eigenvalue weighted by atomic mass is 10.1. The van der Waals surface area contributed by atoms with E-state index in [0.717, 1.165) is 23.9 Å². The van der Waals surface area contributed by atoms with Crippen LogP contribution in [0.4, 0.5) is 0 Å². The second kappa shape index (κ2) is 6.11. The van der Waals surface area contributed by atoms with Crippen molar-refractivity contribution in [3.05, 3.63) is 46.2 Å². The zero-order valence-corrected chi connectivity index (χ0v) is 11.8. The fourth-order valence-electron chi connectivity index (χ4n) is 1.71. The average molecular weight is 310 g/mol. The summed E-state index contributed by atoms with van der Waals surface area (Å²) in [7, 11) is 0.